The Morgan fingerprint density at radius 2 is 1.30 bits per heavy atom. The van der Waals surface area contributed by atoms with Crippen molar-refractivity contribution in [3.05, 3.63) is 23.8 Å². The molecule has 0 fully saturated rings. The zero-order chi connectivity index (χ0) is 19.7. The molecule has 0 heterocycles. The van der Waals surface area contributed by atoms with E-state index in [0.29, 0.717) is 17.9 Å². The summed E-state index contributed by atoms with van der Waals surface area (Å²) in [5, 5.41) is 9.79. The summed E-state index contributed by atoms with van der Waals surface area (Å²) in [6.45, 7) is 4.38. The number of phenols is 1. The monoisotopic (exact) mass is 376 g/mol. The van der Waals surface area contributed by atoms with Crippen LogP contribution in [0.5, 0.6) is 11.5 Å². The van der Waals surface area contributed by atoms with Crippen LogP contribution in [0.2, 0.25) is 0 Å². The number of carbonyl (C=O) groups excluding carboxylic acids is 1. The summed E-state index contributed by atoms with van der Waals surface area (Å²) in [6, 6.07) is 4.90. The highest BCUT2D eigenvalue weighted by Gasteiger charge is 2.07. The molecule has 0 saturated heterocycles. The van der Waals surface area contributed by atoms with Gasteiger partial charge in [0.25, 0.3) is 0 Å². The molecule has 1 aromatic carbocycles. The van der Waals surface area contributed by atoms with Gasteiger partial charge in [-0.15, -0.1) is 0 Å². The zero-order valence-corrected chi connectivity index (χ0v) is 17.6. The van der Waals surface area contributed by atoms with Gasteiger partial charge in [0.15, 0.2) is 5.78 Å². The molecule has 0 bridgehead atoms. The second kappa shape index (κ2) is 15.5. The number of rotatable bonds is 17. The summed E-state index contributed by atoms with van der Waals surface area (Å²) in [5.41, 5.74) is 0.346. The Bertz CT molecular complexity index is 510. The molecule has 0 unspecified atom stereocenters. The van der Waals surface area contributed by atoms with Crippen molar-refractivity contribution in [1.82, 2.24) is 0 Å². The maximum Gasteiger partial charge on any atom is 0.163 e. The summed E-state index contributed by atoms with van der Waals surface area (Å²) < 4.78 is 5.66. The predicted octanol–water partition coefficient (Wildman–Crippen LogP) is 7.45. The highest BCUT2D eigenvalue weighted by molar-refractivity contribution is 5.96. The summed E-state index contributed by atoms with van der Waals surface area (Å²) in [6.07, 6.45) is 18.8. The van der Waals surface area contributed by atoms with Crippen LogP contribution in [-0.2, 0) is 0 Å². The fraction of sp³-hybridized carbons (Fsp3) is 0.708. The van der Waals surface area contributed by atoms with Gasteiger partial charge in [0.2, 0.25) is 0 Å². The molecule has 0 aliphatic rings. The lowest BCUT2D eigenvalue weighted by Gasteiger charge is -2.08. The largest absolute Gasteiger partial charge is 0.507 e. The third-order valence-electron chi connectivity index (χ3n) is 5.12. The average molecular weight is 377 g/mol. The van der Waals surface area contributed by atoms with E-state index in [1.165, 1.54) is 96.5 Å². The minimum Gasteiger partial charge on any atom is -0.507 e. The predicted molar refractivity (Wildman–Crippen MR) is 114 cm³/mol. The van der Waals surface area contributed by atoms with Crippen molar-refractivity contribution >= 4 is 5.78 Å². The van der Waals surface area contributed by atoms with E-state index in [-0.39, 0.29) is 11.5 Å². The lowest BCUT2D eigenvalue weighted by molar-refractivity contribution is 0.101. The lowest BCUT2D eigenvalue weighted by Crippen LogP contribution is -1.99. The first-order chi connectivity index (χ1) is 13.1. The van der Waals surface area contributed by atoms with Crippen molar-refractivity contribution in [2.75, 3.05) is 6.61 Å². The number of aromatic hydroxyl groups is 1. The smallest absolute Gasteiger partial charge is 0.163 e. The number of ketones is 1. The third-order valence-corrected chi connectivity index (χ3v) is 5.12. The second-order valence-corrected chi connectivity index (χ2v) is 7.68. The number of unbranched alkanes of at least 4 members (excludes halogenated alkanes) is 13. The van der Waals surface area contributed by atoms with Crippen LogP contribution in [-0.4, -0.2) is 17.5 Å². The van der Waals surface area contributed by atoms with Crippen molar-refractivity contribution in [3.63, 3.8) is 0 Å². The number of hydrogen-bond donors (Lipinski definition) is 1. The van der Waals surface area contributed by atoms with Crippen molar-refractivity contribution in [3.8, 4) is 11.5 Å². The van der Waals surface area contributed by atoms with Crippen LogP contribution >= 0.6 is 0 Å². The van der Waals surface area contributed by atoms with Crippen LogP contribution in [0.1, 0.15) is 114 Å². The van der Waals surface area contributed by atoms with Gasteiger partial charge in [0, 0.05) is 6.07 Å². The molecular weight excluding hydrogens is 336 g/mol. The first-order valence-corrected chi connectivity index (χ1v) is 11.1. The van der Waals surface area contributed by atoms with E-state index in [1.54, 1.807) is 12.1 Å². The van der Waals surface area contributed by atoms with Crippen molar-refractivity contribution in [2.45, 2.75) is 104 Å². The molecule has 0 aliphatic carbocycles. The maximum absolute atomic E-state index is 11.3. The fourth-order valence-electron chi connectivity index (χ4n) is 3.39. The summed E-state index contributed by atoms with van der Waals surface area (Å²) in [7, 11) is 0. The van der Waals surface area contributed by atoms with E-state index < -0.39 is 0 Å². The standard InChI is InChI=1S/C24H40O3/c1-3-4-5-6-7-8-9-10-11-12-13-14-15-16-19-27-22-17-18-23(21(2)25)24(26)20-22/h17-18,20,26H,3-16,19H2,1-2H3. The Labute approximate surface area is 166 Å². The van der Waals surface area contributed by atoms with Crippen LogP contribution in [0.15, 0.2) is 18.2 Å². The molecule has 0 atom stereocenters. The fourth-order valence-corrected chi connectivity index (χ4v) is 3.39. The maximum atomic E-state index is 11.3. The molecule has 27 heavy (non-hydrogen) atoms. The molecule has 0 aliphatic heterocycles. The zero-order valence-electron chi connectivity index (χ0n) is 17.6. The van der Waals surface area contributed by atoms with Gasteiger partial charge in [-0.1, -0.05) is 90.4 Å². The molecule has 0 saturated carbocycles. The number of benzene rings is 1. The lowest BCUT2D eigenvalue weighted by atomic mass is 10.0. The van der Waals surface area contributed by atoms with Gasteiger partial charge in [-0.05, 0) is 25.5 Å². The van der Waals surface area contributed by atoms with E-state index in [9.17, 15) is 9.90 Å². The highest BCUT2D eigenvalue weighted by atomic mass is 16.5. The van der Waals surface area contributed by atoms with E-state index >= 15 is 0 Å². The number of carbonyl (C=O) groups is 1. The number of phenolic OH excluding ortho intramolecular Hbond substituents is 1. The molecule has 0 radical (unpaired) electrons. The first-order valence-electron chi connectivity index (χ1n) is 11.1. The number of ether oxygens (including phenoxy) is 1. The van der Waals surface area contributed by atoms with Crippen molar-refractivity contribution in [1.29, 1.82) is 0 Å². The molecule has 0 amide bonds. The summed E-state index contributed by atoms with van der Waals surface area (Å²) in [4.78, 5) is 11.3. The van der Waals surface area contributed by atoms with Crippen LogP contribution in [0.3, 0.4) is 0 Å². The van der Waals surface area contributed by atoms with E-state index in [1.807, 2.05) is 0 Å². The van der Waals surface area contributed by atoms with Crippen molar-refractivity contribution in [2.24, 2.45) is 0 Å². The molecule has 1 aromatic rings. The third kappa shape index (κ3) is 11.7. The van der Waals surface area contributed by atoms with E-state index in [4.69, 9.17) is 4.74 Å². The van der Waals surface area contributed by atoms with Crippen LogP contribution < -0.4 is 4.74 Å². The Morgan fingerprint density at radius 3 is 1.74 bits per heavy atom. The molecule has 0 aromatic heterocycles. The normalized spacial score (nSPS) is 10.9. The topological polar surface area (TPSA) is 46.5 Å². The second-order valence-electron chi connectivity index (χ2n) is 7.68. The Hall–Kier alpha value is -1.51. The van der Waals surface area contributed by atoms with Gasteiger partial charge in [0.1, 0.15) is 11.5 Å². The molecular formula is C24H40O3. The minimum atomic E-state index is -0.133. The molecule has 154 valence electrons. The number of Topliss-reactive ketones (excluding diaryl/α,β-unsaturated/α-hetero) is 1. The minimum absolute atomic E-state index is 0.000888. The molecule has 1 N–H and O–H groups in total. The van der Waals surface area contributed by atoms with Gasteiger partial charge in [-0.2, -0.15) is 0 Å². The Morgan fingerprint density at radius 1 is 0.815 bits per heavy atom. The van der Waals surface area contributed by atoms with Crippen molar-refractivity contribution < 1.29 is 14.6 Å². The quantitative estimate of drug-likeness (QED) is 0.227. The molecule has 1 rings (SSSR count). The summed E-state index contributed by atoms with van der Waals surface area (Å²) >= 11 is 0. The molecule has 3 nitrogen and oxygen atoms in total. The van der Waals surface area contributed by atoms with Gasteiger partial charge in [-0.25, -0.2) is 0 Å². The SMILES string of the molecule is CCCCCCCCCCCCCCCCOc1ccc(C(C)=O)c(O)c1. The Balaban J connectivity index is 1.89. The van der Waals surface area contributed by atoms with Gasteiger partial charge < -0.3 is 9.84 Å². The van der Waals surface area contributed by atoms with Crippen LogP contribution in [0, 0.1) is 0 Å². The van der Waals surface area contributed by atoms with Gasteiger partial charge >= 0.3 is 0 Å². The van der Waals surface area contributed by atoms with Crippen LogP contribution in [0.25, 0.3) is 0 Å². The average Bonchev–Trinajstić information content (AvgIpc) is 2.64. The molecule has 0 spiro atoms. The van der Waals surface area contributed by atoms with Crippen LogP contribution in [0.4, 0.5) is 0 Å². The Kier molecular flexibility index (Phi) is 13.5. The highest BCUT2D eigenvalue weighted by Crippen LogP contribution is 2.24. The van der Waals surface area contributed by atoms with Gasteiger partial charge in [-0.3, -0.25) is 4.79 Å². The molecule has 3 heteroatoms. The first kappa shape index (κ1) is 23.5. The number of hydrogen-bond acceptors (Lipinski definition) is 3. The van der Waals surface area contributed by atoms with Gasteiger partial charge in [0.05, 0.1) is 12.2 Å². The van der Waals surface area contributed by atoms with E-state index in [2.05, 4.69) is 6.92 Å². The van der Waals surface area contributed by atoms with E-state index in [0.717, 1.165) is 6.42 Å². The summed E-state index contributed by atoms with van der Waals surface area (Å²) in [5.74, 6) is 0.499.